The predicted octanol–water partition coefficient (Wildman–Crippen LogP) is 10.1. The Hall–Kier alpha value is -4.32. The van der Waals surface area contributed by atoms with Crippen LogP contribution in [-0.2, 0) is 0 Å². The fraction of sp³-hybridized carbons (Fsp3) is 0.270. The minimum atomic E-state index is -0.475. The normalized spacial score (nSPS) is 9.51. The SMILES string of the molecule is Cc1cc(F)c(C)c(F)c1.Cc1ccc(C)c(F)c1.Cc1ccc(C)cc1.Cc1ccc(C)nc1.Cc1cnc(C)nc1. The third kappa shape index (κ3) is 16.0. The lowest BCUT2D eigenvalue weighted by atomic mass is 10.1. The second-order valence-electron chi connectivity index (χ2n) is 10.5. The predicted molar refractivity (Wildman–Crippen MR) is 173 cm³/mol. The molecule has 5 rings (SSSR count). The van der Waals surface area contributed by atoms with Crippen LogP contribution < -0.4 is 0 Å². The van der Waals surface area contributed by atoms with E-state index in [4.69, 9.17) is 0 Å². The van der Waals surface area contributed by atoms with Crippen LogP contribution in [-0.4, -0.2) is 15.0 Å². The molecule has 2 heterocycles. The minimum Gasteiger partial charge on any atom is -0.261 e. The van der Waals surface area contributed by atoms with E-state index in [0.717, 1.165) is 22.6 Å². The van der Waals surface area contributed by atoms with Crippen LogP contribution in [0, 0.1) is 86.7 Å². The van der Waals surface area contributed by atoms with E-state index in [1.54, 1.807) is 19.9 Å². The first-order valence-electron chi connectivity index (χ1n) is 14.0. The molecule has 0 saturated carbocycles. The quantitative estimate of drug-likeness (QED) is 0.181. The molecular formula is C37H44F3N3. The van der Waals surface area contributed by atoms with E-state index < -0.39 is 11.6 Å². The molecule has 0 aliphatic carbocycles. The van der Waals surface area contributed by atoms with Crippen molar-refractivity contribution >= 4 is 0 Å². The highest BCUT2D eigenvalue weighted by Crippen LogP contribution is 2.12. The van der Waals surface area contributed by atoms with Crippen LogP contribution in [0.5, 0.6) is 0 Å². The highest BCUT2D eigenvalue weighted by atomic mass is 19.1. The van der Waals surface area contributed by atoms with Crippen LogP contribution in [0.15, 0.2) is 85.3 Å². The van der Waals surface area contributed by atoms with Crippen molar-refractivity contribution < 1.29 is 13.2 Å². The molecule has 6 heteroatoms. The van der Waals surface area contributed by atoms with Gasteiger partial charge in [0.25, 0.3) is 0 Å². The van der Waals surface area contributed by atoms with Gasteiger partial charge in [0.05, 0.1) is 0 Å². The Balaban J connectivity index is 0.000000269. The average Bonchev–Trinajstić information content (AvgIpc) is 2.96. The van der Waals surface area contributed by atoms with Gasteiger partial charge in [0, 0.05) is 29.8 Å². The fourth-order valence-electron chi connectivity index (χ4n) is 3.11. The van der Waals surface area contributed by atoms with Crippen LogP contribution in [0.1, 0.15) is 56.0 Å². The van der Waals surface area contributed by atoms with Crippen LogP contribution in [0.2, 0.25) is 0 Å². The lowest BCUT2D eigenvalue weighted by molar-refractivity contribution is 0.566. The molecule has 43 heavy (non-hydrogen) atoms. The molecule has 0 aliphatic heterocycles. The van der Waals surface area contributed by atoms with Crippen molar-refractivity contribution in [2.75, 3.05) is 0 Å². The van der Waals surface area contributed by atoms with E-state index in [1.165, 1.54) is 41.8 Å². The van der Waals surface area contributed by atoms with Gasteiger partial charge in [-0.2, -0.15) is 0 Å². The summed E-state index contributed by atoms with van der Waals surface area (Å²) < 4.78 is 37.8. The summed E-state index contributed by atoms with van der Waals surface area (Å²) in [5.41, 5.74) is 8.44. The van der Waals surface area contributed by atoms with Crippen molar-refractivity contribution in [3.05, 3.63) is 159 Å². The van der Waals surface area contributed by atoms with Crippen molar-refractivity contribution in [3.63, 3.8) is 0 Å². The topological polar surface area (TPSA) is 38.7 Å². The van der Waals surface area contributed by atoms with Gasteiger partial charge in [-0.25, -0.2) is 23.1 Å². The number of hydrogen-bond donors (Lipinski definition) is 0. The second-order valence-corrected chi connectivity index (χ2v) is 10.5. The lowest BCUT2D eigenvalue weighted by Crippen LogP contribution is -1.88. The maximum Gasteiger partial charge on any atom is 0.129 e. The Morgan fingerprint density at radius 1 is 0.395 bits per heavy atom. The summed E-state index contributed by atoms with van der Waals surface area (Å²) in [7, 11) is 0. The summed E-state index contributed by atoms with van der Waals surface area (Å²) in [6.45, 7) is 18.8. The number of halogens is 3. The first kappa shape index (κ1) is 36.7. The zero-order chi connectivity index (χ0) is 32.5. The first-order chi connectivity index (χ1) is 20.2. The number of aryl methyl sites for hydroxylation is 9. The van der Waals surface area contributed by atoms with Crippen LogP contribution in [0.4, 0.5) is 13.2 Å². The number of aromatic nitrogens is 3. The molecule has 0 amide bonds. The molecule has 0 N–H and O–H groups in total. The summed E-state index contributed by atoms with van der Waals surface area (Å²) in [5.74, 6) is -0.236. The molecule has 0 bridgehead atoms. The zero-order valence-corrected chi connectivity index (χ0v) is 27.1. The fourth-order valence-corrected chi connectivity index (χ4v) is 3.11. The van der Waals surface area contributed by atoms with Gasteiger partial charge in [-0.3, -0.25) is 4.98 Å². The molecule has 0 unspecified atom stereocenters. The molecular weight excluding hydrogens is 543 g/mol. The number of rotatable bonds is 0. The molecule has 0 aliphatic rings. The van der Waals surface area contributed by atoms with E-state index >= 15 is 0 Å². The molecule has 0 fully saturated rings. The monoisotopic (exact) mass is 587 g/mol. The van der Waals surface area contributed by atoms with Crippen molar-refractivity contribution in [2.45, 2.75) is 69.2 Å². The molecule has 0 radical (unpaired) electrons. The third-order valence-corrected chi connectivity index (χ3v) is 5.94. The van der Waals surface area contributed by atoms with Gasteiger partial charge in [-0.05, 0) is 121 Å². The summed E-state index contributed by atoms with van der Waals surface area (Å²) in [4.78, 5) is 12.0. The molecule has 3 nitrogen and oxygen atoms in total. The van der Waals surface area contributed by atoms with Gasteiger partial charge in [0.1, 0.15) is 23.3 Å². The van der Waals surface area contributed by atoms with Crippen LogP contribution >= 0.6 is 0 Å². The molecule has 3 aromatic carbocycles. The van der Waals surface area contributed by atoms with E-state index in [2.05, 4.69) is 59.1 Å². The minimum absolute atomic E-state index is 0.0885. The maximum absolute atomic E-state index is 12.6. The maximum atomic E-state index is 12.6. The molecule has 228 valence electrons. The number of hydrogen-bond acceptors (Lipinski definition) is 3. The largest absolute Gasteiger partial charge is 0.261 e. The van der Waals surface area contributed by atoms with Gasteiger partial charge in [0.2, 0.25) is 0 Å². The zero-order valence-electron chi connectivity index (χ0n) is 27.1. The van der Waals surface area contributed by atoms with Gasteiger partial charge in [-0.15, -0.1) is 0 Å². The Kier molecular flexibility index (Phi) is 16.2. The lowest BCUT2D eigenvalue weighted by Gasteiger charge is -1.98. The van der Waals surface area contributed by atoms with Crippen molar-refractivity contribution in [1.82, 2.24) is 15.0 Å². The Morgan fingerprint density at radius 2 is 0.814 bits per heavy atom. The van der Waals surface area contributed by atoms with Crippen molar-refractivity contribution in [3.8, 4) is 0 Å². The first-order valence-corrected chi connectivity index (χ1v) is 14.0. The standard InChI is InChI=1S/C8H8F2.C8H9F.C8H10.C7H9N.C6H8N2/c1-5-3-7(9)6(2)8(10)4-5;1-6-3-4-7(2)8(9)5-6;1-7-3-5-8(2)6-4-7;1-6-3-4-7(2)8-5-6;1-5-3-7-6(2)8-4-5/h3-4H,1-2H3;3-5H,1-2H3;3-6H,1-2H3;3-5H,1-2H3;3-4H,1-2H3. The Morgan fingerprint density at radius 3 is 1.19 bits per heavy atom. The second kappa shape index (κ2) is 19.0. The molecule has 2 aromatic heterocycles. The molecule has 5 aromatic rings. The summed E-state index contributed by atoms with van der Waals surface area (Å²) in [6.07, 6.45) is 5.49. The smallest absolute Gasteiger partial charge is 0.129 e. The van der Waals surface area contributed by atoms with E-state index in [0.29, 0.717) is 11.1 Å². The molecule has 0 saturated heterocycles. The van der Waals surface area contributed by atoms with Crippen molar-refractivity contribution in [2.24, 2.45) is 0 Å². The Labute approximate surface area is 255 Å². The average molecular weight is 588 g/mol. The summed E-state index contributed by atoms with van der Waals surface area (Å²) >= 11 is 0. The van der Waals surface area contributed by atoms with Gasteiger partial charge < -0.3 is 0 Å². The summed E-state index contributed by atoms with van der Waals surface area (Å²) in [5, 5.41) is 0. The van der Waals surface area contributed by atoms with E-state index in [9.17, 15) is 13.2 Å². The summed E-state index contributed by atoms with van der Waals surface area (Å²) in [6, 6.07) is 20.4. The number of benzene rings is 3. The van der Waals surface area contributed by atoms with E-state index in [1.807, 2.05) is 65.3 Å². The highest BCUT2D eigenvalue weighted by molar-refractivity contribution is 5.24. The van der Waals surface area contributed by atoms with Gasteiger partial charge >= 0.3 is 0 Å². The number of nitrogens with zero attached hydrogens (tertiary/aromatic N) is 3. The van der Waals surface area contributed by atoms with Gasteiger partial charge in [-0.1, -0.05) is 53.6 Å². The van der Waals surface area contributed by atoms with Crippen LogP contribution in [0.3, 0.4) is 0 Å². The number of pyridine rings is 1. The highest BCUT2D eigenvalue weighted by Gasteiger charge is 2.03. The van der Waals surface area contributed by atoms with E-state index in [-0.39, 0.29) is 11.4 Å². The third-order valence-electron chi connectivity index (χ3n) is 5.94. The molecule has 0 spiro atoms. The van der Waals surface area contributed by atoms with Crippen molar-refractivity contribution in [1.29, 1.82) is 0 Å². The molecule has 0 atom stereocenters. The van der Waals surface area contributed by atoms with Crippen LogP contribution in [0.25, 0.3) is 0 Å². The Bertz CT molecular complexity index is 1320. The van der Waals surface area contributed by atoms with Gasteiger partial charge in [0.15, 0.2) is 0 Å².